The minimum absolute atomic E-state index is 0.361. The summed E-state index contributed by atoms with van der Waals surface area (Å²) in [6.45, 7) is 4.12. The Morgan fingerprint density at radius 2 is 1.84 bits per heavy atom. The van der Waals surface area contributed by atoms with E-state index >= 15 is 0 Å². The Morgan fingerprint density at radius 1 is 1.16 bits per heavy atom. The molecule has 1 aromatic rings. The van der Waals surface area contributed by atoms with Gasteiger partial charge < -0.3 is 14.7 Å². The molecule has 1 aliphatic heterocycles. The van der Waals surface area contributed by atoms with Crippen molar-refractivity contribution in [3.8, 4) is 0 Å². The predicted molar refractivity (Wildman–Crippen MR) is 76.5 cm³/mol. The summed E-state index contributed by atoms with van der Waals surface area (Å²) in [6.07, 6.45) is 3.55. The average Bonchev–Trinajstić information content (AvgIpc) is 2.42. The van der Waals surface area contributed by atoms with Crippen molar-refractivity contribution < 1.29 is 14.7 Å². The third-order valence-corrected chi connectivity index (χ3v) is 3.83. The number of hydrogen-bond donors (Lipinski definition) is 2. The predicted octanol–water partition coefficient (Wildman–Crippen LogP) is 1.29. The van der Waals surface area contributed by atoms with Gasteiger partial charge in [0.05, 0.1) is 26.3 Å². The maximum absolute atomic E-state index is 9.96. The van der Waals surface area contributed by atoms with Crippen molar-refractivity contribution in [3.63, 3.8) is 0 Å². The lowest BCUT2D eigenvalue weighted by molar-refractivity contribution is -0.908. The zero-order chi connectivity index (χ0) is 13.5. The highest BCUT2D eigenvalue weighted by molar-refractivity contribution is 6.30. The number of likely N-dealkylation sites (tertiary alicyclic amines) is 1. The summed E-state index contributed by atoms with van der Waals surface area (Å²) in [5, 5.41) is 10.7. The molecule has 3 nitrogen and oxygen atoms in total. The van der Waals surface area contributed by atoms with Crippen molar-refractivity contribution in [2.45, 2.75) is 32.0 Å². The molecule has 0 saturated carbocycles. The van der Waals surface area contributed by atoms with Gasteiger partial charge in [-0.1, -0.05) is 23.7 Å². The van der Waals surface area contributed by atoms with E-state index in [1.54, 1.807) is 0 Å². The first-order valence-corrected chi connectivity index (χ1v) is 7.45. The van der Waals surface area contributed by atoms with Crippen LogP contribution in [0.15, 0.2) is 24.3 Å². The number of nitrogens with one attached hydrogen (secondary N) is 1. The fraction of sp³-hybridized carbons (Fsp3) is 0.600. The molecule has 0 bridgehead atoms. The van der Waals surface area contributed by atoms with Crippen LogP contribution in [0.3, 0.4) is 0 Å². The maximum Gasteiger partial charge on any atom is 0.126 e. The molecule has 0 aliphatic carbocycles. The second-order valence-electron chi connectivity index (χ2n) is 5.31. The van der Waals surface area contributed by atoms with E-state index in [1.165, 1.54) is 37.3 Å². The van der Waals surface area contributed by atoms with Gasteiger partial charge in [0.15, 0.2) is 0 Å². The second kappa shape index (κ2) is 7.85. The van der Waals surface area contributed by atoms with Crippen molar-refractivity contribution in [1.82, 2.24) is 0 Å². The molecule has 19 heavy (non-hydrogen) atoms. The van der Waals surface area contributed by atoms with Crippen molar-refractivity contribution in [1.29, 1.82) is 0 Å². The van der Waals surface area contributed by atoms with Gasteiger partial charge in [-0.05, 0) is 37.0 Å². The highest BCUT2D eigenvalue weighted by Crippen LogP contribution is 2.10. The van der Waals surface area contributed by atoms with Gasteiger partial charge in [-0.15, -0.1) is 0 Å². The van der Waals surface area contributed by atoms with Crippen molar-refractivity contribution in [3.05, 3.63) is 34.9 Å². The summed E-state index contributed by atoms with van der Waals surface area (Å²) in [5.74, 6) is 0. The Bertz CT molecular complexity index is 363. The van der Waals surface area contributed by atoms with Gasteiger partial charge in [0.1, 0.15) is 12.6 Å². The summed E-state index contributed by atoms with van der Waals surface area (Å²) in [5.41, 5.74) is 1.09. The molecule has 1 saturated heterocycles. The van der Waals surface area contributed by atoms with E-state index in [1.807, 2.05) is 24.3 Å². The van der Waals surface area contributed by atoms with E-state index in [9.17, 15) is 5.11 Å². The normalized spacial score (nSPS) is 18.4. The number of quaternary nitrogens is 1. The number of aliphatic hydroxyl groups excluding tert-OH is 1. The van der Waals surface area contributed by atoms with Crippen LogP contribution in [-0.2, 0) is 11.3 Å². The topological polar surface area (TPSA) is 33.9 Å². The van der Waals surface area contributed by atoms with Crippen molar-refractivity contribution >= 4 is 11.6 Å². The van der Waals surface area contributed by atoms with Gasteiger partial charge in [-0.25, -0.2) is 0 Å². The molecule has 4 heteroatoms. The largest absolute Gasteiger partial charge is 0.385 e. The van der Waals surface area contributed by atoms with E-state index < -0.39 is 0 Å². The van der Waals surface area contributed by atoms with Crippen LogP contribution in [0.5, 0.6) is 0 Å². The Labute approximate surface area is 120 Å². The van der Waals surface area contributed by atoms with Gasteiger partial charge in [-0.3, -0.25) is 0 Å². The number of aliphatic hydroxyl groups is 1. The molecular weight excluding hydrogens is 262 g/mol. The molecule has 2 N–H and O–H groups in total. The standard InChI is InChI=1S/C15H22ClNO2/c16-14-6-4-13(5-7-14)11-19-12-15(18)10-17-8-2-1-3-9-17/h4-7,15,18H,1-3,8-12H2/p+1/t15-/m0/s1. The molecule has 1 atom stereocenters. The summed E-state index contributed by atoms with van der Waals surface area (Å²) >= 11 is 5.82. The SMILES string of the molecule is O[C@H](COCc1ccc(Cl)cc1)C[NH+]1CCCCC1. The lowest BCUT2D eigenvalue weighted by atomic mass is 10.1. The summed E-state index contributed by atoms with van der Waals surface area (Å²) in [6, 6.07) is 7.61. The van der Waals surface area contributed by atoms with Crippen molar-refractivity contribution in [2.24, 2.45) is 0 Å². The fourth-order valence-electron chi connectivity index (χ4n) is 2.54. The Morgan fingerprint density at radius 3 is 2.53 bits per heavy atom. The molecule has 106 valence electrons. The Balaban J connectivity index is 1.63. The molecule has 0 aromatic heterocycles. The average molecular weight is 285 g/mol. The van der Waals surface area contributed by atoms with Gasteiger partial charge in [-0.2, -0.15) is 0 Å². The van der Waals surface area contributed by atoms with Crippen LogP contribution in [0.4, 0.5) is 0 Å². The van der Waals surface area contributed by atoms with Crippen LogP contribution >= 0.6 is 11.6 Å². The summed E-state index contributed by atoms with van der Waals surface area (Å²) in [4.78, 5) is 1.51. The van der Waals surface area contributed by atoms with Gasteiger partial charge in [0, 0.05) is 5.02 Å². The van der Waals surface area contributed by atoms with Crippen LogP contribution in [0, 0.1) is 0 Å². The third kappa shape index (κ3) is 5.49. The first kappa shape index (κ1) is 14.8. The maximum atomic E-state index is 9.96. The summed E-state index contributed by atoms with van der Waals surface area (Å²) < 4.78 is 5.56. The molecular formula is C15H23ClNO2+. The fourth-order valence-corrected chi connectivity index (χ4v) is 2.67. The lowest BCUT2D eigenvalue weighted by Gasteiger charge is -2.25. The number of piperidine rings is 1. The summed E-state index contributed by atoms with van der Waals surface area (Å²) in [7, 11) is 0. The van der Waals surface area contributed by atoms with Crippen LogP contribution < -0.4 is 4.90 Å². The number of rotatable bonds is 6. The molecule has 1 aromatic carbocycles. The van der Waals surface area contributed by atoms with E-state index in [-0.39, 0.29) is 6.10 Å². The van der Waals surface area contributed by atoms with Gasteiger partial charge in [0.25, 0.3) is 0 Å². The number of ether oxygens (including phenoxy) is 1. The first-order chi connectivity index (χ1) is 9.24. The van der Waals surface area contributed by atoms with E-state index in [4.69, 9.17) is 16.3 Å². The molecule has 0 amide bonds. The second-order valence-corrected chi connectivity index (χ2v) is 5.75. The number of benzene rings is 1. The minimum atomic E-state index is -0.361. The quantitative estimate of drug-likeness (QED) is 0.825. The molecule has 0 spiro atoms. The number of halogens is 1. The molecule has 0 unspecified atom stereocenters. The van der Waals surface area contributed by atoms with Crippen LogP contribution in [-0.4, -0.2) is 37.5 Å². The first-order valence-electron chi connectivity index (χ1n) is 7.08. The highest BCUT2D eigenvalue weighted by Gasteiger charge is 2.17. The Kier molecular flexibility index (Phi) is 6.11. The zero-order valence-corrected chi connectivity index (χ0v) is 12.0. The highest BCUT2D eigenvalue weighted by atomic mass is 35.5. The molecule has 1 heterocycles. The van der Waals surface area contributed by atoms with Crippen LogP contribution in [0.25, 0.3) is 0 Å². The molecule has 1 aliphatic rings. The van der Waals surface area contributed by atoms with Gasteiger partial charge >= 0.3 is 0 Å². The molecule has 2 rings (SSSR count). The van der Waals surface area contributed by atoms with Crippen molar-refractivity contribution in [2.75, 3.05) is 26.2 Å². The van der Waals surface area contributed by atoms with E-state index in [0.29, 0.717) is 13.2 Å². The minimum Gasteiger partial charge on any atom is -0.385 e. The Hall–Kier alpha value is -0.610. The monoisotopic (exact) mass is 284 g/mol. The third-order valence-electron chi connectivity index (χ3n) is 3.58. The van der Waals surface area contributed by atoms with E-state index in [0.717, 1.165) is 17.1 Å². The lowest BCUT2D eigenvalue weighted by Crippen LogP contribution is -3.14. The smallest absolute Gasteiger partial charge is 0.126 e. The molecule has 0 radical (unpaired) electrons. The van der Waals surface area contributed by atoms with Crippen LogP contribution in [0.1, 0.15) is 24.8 Å². The van der Waals surface area contributed by atoms with E-state index in [2.05, 4.69) is 0 Å². The number of hydrogen-bond acceptors (Lipinski definition) is 2. The zero-order valence-electron chi connectivity index (χ0n) is 11.3. The van der Waals surface area contributed by atoms with Crippen LogP contribution in [0.2, 0.25) is 5.02 Å². The van der Waals surface area contributed by atoms with Gasteiger partial charge in [0.2, 0.25) is 0 Å². The molecule has 1 fully saturated rings.